The van der Waals surface area contributed by atoms with Gasteiger partial charge in [0.1, 0.15) is 11.4 Å². The van der Waals surface area contributed by atoms with E-state index in [0.717, 1.165) is 36.0 Å². The molecule has 1 heterocycles. The van der Waals surface area contributed by atoms with E-state index in [-0.39, 0.29) is 18.0 Å². The lowest BCUT2D eigenvalue weighted by Crippen LogP contribution is -2.36. The maximum absolute atomic E-state index is 15.0. The number of amides is 1. The molecule has 144 valence electrons. The number of hydrogen-bond donors (Lipinski definition) is 0. The molecule has 0 N–H and O–H groups in total. The van der Waals surface area contributed by atoms with Gasteiger partial charge in [0.15, 0.2) is 0 Å². The Morgan fingerprint density at radius 2 is 1.93 bits per heavy atom. The number of hydrogen-bond acceptors (Lipinski definition) is 2. The highest BCUT2D eigenvalue weighted by Gasteiger charge is 2.33. The number of carbonyl (C=O) groups is 1. The molecule has 1 unspecified atom stereocenters. The largest absolute Gasteiger partial charge is 0.444 e. The SMILES string of the molecule is CCc1ccccc1-c1ccc(C2CCCN2C(=O)OC(C)(C)C)cc1F. The zero-order valence-corrected chi connectivity index (χ0v) is 16.6. The Morgan fingerprint density at radius 1 is 1.19 bits per heavy atom. The normalized spacial score (nSPS) is 17.2. The number of nitrogens with zero attached hydrogens (tertiary/aromatic N) is 1. The van der Waals surface area contributed by atoms with Crippen LogP contribution in [-0.4, -0.2) is 23.1 Å². The number of halogens is 1. The first-order chi connectivity index (χ1) is 12.8. The lowest BCUT2D eigenvalue weighted by molar-refractivity contribution is 0.0224. The quantitative estimate of drug-likeness (QED) is 0.651. The van der Waals surface area contributed by atoms with E-state index in [1.54, 1.807) is 11.0 Å². The second kappa shape index (κ2) is 7.71. The van der Waals surface area contributed by atoms with Crippen LogP contribution in [0.1, 0.15) is 57.7 Å². The Bertz CT molecular complexity index is 825. The summed E-state index contributed by atoms with van der Waals surface area (Å²) < 4.78 is 20.5. The number of ether oxygens (including phenoxy) is 1. The third kappa shape index (κ3) is 4.32. The average molecular weight is 369 g/mol. The summed E-state index contributed by atoms with van der Waals surface area (Å²) in [5, 5.41) is 0. The van der Waals surface area contributed by atoms with E-state index in [9.17, 15) is 9.18 Å². The Hall–Kier alpha value is -2.36. The van der Waals surface area contributed by atoms with Crippen LogP contribution >= 0.6 is 0 Å². The molecule has 1 atom stereocenters. The number of benzene rings is 2. The van der Waals surface area contributed by atoms with Crippen LogP contribution in [0.5, 0.6) is 0 Å². The van der Waals surface area contributed by atoms with Crippen molar-refractivity contribution in [1.29, 1.82) is 0 Å². The minimum absolute atomic E-state index is 0.134. The lowest BCUT2D eigenvalue weighted by atomic mass is 9.95. The molecule has 0 saturated carbocycles. The van der Waals surface area contributed by atoms with Crippen LogP contribution in [0.3, 0.4) is 0 Å². The molecule has 0 radical (unpaired) electrons. The van der Waals surface area contributed by atoms with E-state index in [1.165, 1.54) is 0 Å². The topological polar surface area (TPSA) is 29.5 Å². The third-order valence-corrected chi connectivity index (χ3v) is 4.95. The van der Waals surface area contributed by atoms with Crippen LogP contribution in [0.4, 0.5) is 9.18 Å². The highest BCUT2D eigenvalue weighted by atomic mass is 19.1. The van der Waals surface area contributed by atoms with Crippen molar-refractivity contribution in [1.82, 2.24) is 4.90 Å². The van der Waals surface area contributed by atoms with Crippen molar-refractivity contribution in [3.05, 3.63) is 59.4 Å². The van der Waals surface area contributed by atoms with E-state index in [1.807, 2.05) is 57.2 Å². The fourth-order valence-corrected chi connectivity index (χ4v) is 3.70. The number of likely N-dealkylation sites (tertiary alicyclic amines) is 1. The molecule has 0 aliphatic carbocycles. The molecule has 1 aliphatic heterocycles. The fourth-order valence-electron chi connectivity index (χ4n) is 3.70. The molecule has 1 amide bonds. The van der Waals surface area contributed by atoms with Crippen LogP contribution in [0.2, 0.25) is 0 Å². The maximum Gasteiger partial charge on any atom is 0.410 e. The molecular weight excluding hydrogens is 341 g/mol. The van der Waals surface area contributed by atoms with Gasteiger partial charge in [-0.25, -0.2) is 9.18 Å². The van der Waals surface area contributed by atoms with Gasteiger partial charge in [-0.3, -0.25) is 0 Å². The van der Waals surface area contributed by atoms with Gasteiger partial charge in [-0.1, -0.05) is 43.3 Å². The first kappa shape index (κ1) is 19.4. The summed E-state index contributed by atoms with van der Waals surface area (Å²) in [5.74, 6) is -0.246. The summed E-state index contributed by atoms with van der Waals surface area (Å²) in [6, 6.07) is 13.1. The summed E-state index contributed by atoms with van der Waals surface area (Å²) in [6.07, 6.45) is 2.24. The van der Waals surface area contributed by atoms with Crippen LogP contribution in [0.15, 0.2) is 42.5 Å². The van der Waals surface area contributed by atoms with Gasteiger partial charge < -0.3 is 9.64 Å². The Labute approximate surface area is 161 Å². The van der Waals surface area contributed by atoms with Crippen molar-refractivity contribution in [3.8, 4) is 11.1 Å². The van der Waals surface area contributed by atoms with Gasteiger partial charge in [-0.05, 0) is 62.8 Å². The number of carbonyl (C=O) groups excluding carboxylic acids is 1. The van der Waals surface area contributed by atoms with Gasteiger partial charge in [0.25, 0.3) is 0 Å². The van der Waals surface area contributed by atoms with Crippen molar-refractivity contribution in [2.75, 3.05) is 6.54 Å². The van der Waals surface area contributed by atoms with E-state index < -0.39 is 5.60 Å². The van der Waals surface area contributed by atoms with E-state index in [2.05, 4.69) is 6.92 Å². The van der Waals surface area contributed by atoms with Crippen LogP contribution < -0.4 is 0 Å². The molecule has 27 heavy (non-hydrogen) atoms. The second-order valence-corrected chi connectivity index (χ2v) is 8.08. The van der Waals surface area contributed by atoms with Gasteiger partial charge in [-0.15, -0.1) is 0 Å². The molecule has 4 heteroatoms. The highest BCUT2D eigenvalue weighted by Crippen LogP contribution is 2.36. The summed E-state index contributed by atoms with van der Waals surface area (Å²) in [7, 11) is 0. The molecule has 0 spiro atoms. The molecule has 3 nitrogen and oxygen atoms in total. The molecule has 0 aromatic heterocycles. The smallest absolute Gasteiger partial charge is 0.410 e. The van der Waals surface area contributed by atoms with Crippen LogP contribution in [-0.2, 0) is 11.2 Å². The molecule has 3 rings (SSSR count). The summed E-state index contributed by atoms with van der Waals surface area (Å²) in [5.41, 5.74) is 2.95. The molecule has 1 aliphatic rings. The summed E-state index contributed by atoms with van der Waals surface area (Å²) >= 11 is 0. The minimum Gasteiger partial charge on any atom is -0.444 e. The number of rotatable bonds is 3. The van der Waals surface area contributed by atoms with Gasteiger partial charge in [0.2, 0.25) is 0 Å². The van der Waals surface area contributed by atoms with Crippen molar-refractivity contribution in [3.63, 3.8) is 0 Å². The van der Waals surface area contributed by atoms with Gasteiger partial charge >= 0.3 is 6.09 Å². The van der Waals surface area contributed by atoms with Crippen molar-refractivity contribution >= 4 is 6.09 Å². The fraction of sp³-hybridized carbons (Fsp3) is 0.435. The first-order valence-electron chi connectivity index (χ1n) is 9.67. The lowest BCUT2D eigenvalue weighted by Gasteiger charge is -2.29. The average Bonchev–Trinajstić information content (AvgIpc) is 3.10. The van der Waals surface area contributed by atoms with Gasteiger partial charge in [0.05, 0.1) is 6.04 Å². The minimum atomic E-state index is -0.538. The second-order valence-electron chi connectivity index (χ2n) is 8.08. The van der Waals surface area contributed by atoms with Crippen LogP contribution in [0, 0.1) is 5.82 Å². The van der Waals surface area contributed by atoms with Crippen molar-refractivity contribution in [2.24, 2.45) is 0 Å². The van der Waals surface area contributed by atoms with E-state index in [0.29, 0.717) is 12.1 Å². The monoisotopic (exact) mass is 369 g/mol. The third-order valence-electron chi connectivity index (χ3n) is 4.95. The predicted octanol–water partition coefficient (Wildman–Crippen LogP) is 6.13. The van der Waals surface area contributed by atoms with Crippen molar-refractivity contribution < 1.29 is 13.9 Å². The zero-order chi connectivity index (χ0) is 19.6. The summed E-state index contributed by atoms with van der Waals surface area (Å²) in [4.78, 5) is 14.2. The van der Waals surface area contributed by atoms with Gasteiger partial charge in [0, 0.05) is 12.1 Å². The van der Waals surface area contributed by atoms with E-state index >= 15 is 0 Å². The standard InChI is InChI=1S/C23H28FNO2/c1-5-16-9-6-7-10-18(16)19-13-12-17(15-20(19)24)21-11-8-14-25(21)22(26)27-23(2,3)4/h6-7,9-10,12-13,15,21H,5,8,11,14H2,1-4H3. The molecule has 1 fully saturated rings. The van der Waals surface area contributed by atoms with Crippen molar-refractivity contribution in [2.45, 2.75) is 58.6 Å². The summed E-state index contributed by atoms with van der Waals surface area (Å²) in [6.45, 7) is 8.28. The maximum atomic E-state index is 15.0. The highest BCUT2D eigenvalue weighted by molar-refractivity contribution is 5.70. The Balaban J connectivity index is 1.88. The molecule has 0 bridgehead atoms. The molecular formula is C23H28FNO2. The predicted molar refractivity (Wildman–Crippen MR) is 106 cm³/mol. The Kier molecular flexibility index (Phi) is 5.54. The van der Waals surface area contributed by atoms with Crippen LogP contribution in [0.25, 0.3) is 11.1 Å². The Morgan fingerprint density at radius 3 is 2.59 bits per heavy atom. The molecule has 2 aromatic carbocycles. The van der Waals surface area contributed by atoms with Gasteiger partial charge in [-0.2, -0.15) is 0 Å². The van der Waals surface area contributed by atoms with E-state index in [4.69, 9.17) is 4.74 Å². The first-order valence-corrected chi connectivity index (χ1v) is 9.67. The molecule has 2 aromatic rings. The molecule has 1 saturated heterocycles. The number of aryl methyl sites for hydroxylation is 1. The zero-order valence-electron chi connectivity index (χ0n) is 16.6.